The molecule has 6 heteroatoms. The second-order valence-corrected chi connectivity index (χ2v) is 7.25. The fourth-order valence-electron chi connectivity index (χ4n) is 3.19. The average Bonchev–Trinajstić information content (AvgIpc) is 2.80. The van der Waals surface area contributed by atoms with Gasteiger partial charge < -0.3 is 10.2 Å². The topological polar surface area (TPSA) is 73.2 Å². The lowest BCUT2D eigenvalue weighted by Crippen LogP contribution is -2.30. The van der Waals surface area contributed by atoms with Gasteiger partial charge in [-0.1, -0.05) is 36.4 Å². The average molecular weight is 427 g/mol. The van der Waals surface area contributed by atoms with Crippen molar-refractivity contribution in [2.24, 2.45) is 0 Å². The molecule has 3 aromatic carbocycles. The van der Waals surface area contributed by atoms with Gasteiger partial charge in [0.2, 0.25) is 0 Å². The van der Waals surface area contributed by atoms with Crippen molar-refractivity contribution in [3.63, 3.8) is 0 Å². The number of halogens is 1. The highest BCUT2D eigenvalue weighted by molar-refractivity contribution is 6.05. The van der Waals surface area contributed by atoms with E-state index in [0.717, 1.165) is 11.1 Å². The predicted octanol–water partition coefficient (Wildman–Crippen LogP) is 5.09. The van der Waals surface area contributed by atoms with Gasteiger partial charge in [0.25, 0.3) is 11.8 Å². The minimum atomic E-state index is -0.616. The largest absolute Gasteiger partial charge is 0.331 e. The van der Waals surface area contributed by atoms with E-state index in [2.05, 4.69) is 18.0 Å². The van der Waals surface area contributed by atoms with Crippen LogP contribution in [-0.2, 0) is 6.54 Å². The molecule has 3 rings (SSSR count). The lowest BCUT2D eigenvalue weighted by atomic mass is 10.1. The first kappa shape index (κ1) is 22.4. The van der Waals surface area contributed by atoms with Crippen molar-refractivity contribution in [3.8, 4) is 6.07 Å². The fourth-order valence-corrected chi connectivity index (χ4v) is 3.19. The number of nitrogens with one attached hydrogen (secondary N) is 1. The highest BCUT2D eigenvalue weighted by Crippen LogP contribution is 2.21. The molecule has 0 saturated heterocycles. The van der Waals surface area contributed by atoms with E-state index in [1.807, 2.05) is 0 Å². The van der Waals surface area contributed by atoms with Gasteiger partial charge in [0.15, 0.2) is 0 Å². The fraction of sp³-hybridized carbons (Fsp3) is 0.115. The Balaban J connectivity index is 1.83. The molecule has 0 spiro atoms. The summed E-state index contributed by atoms with van der Waals surface area (Å²) in [5.41, 5.74) is 2.91. The van der Waals surface area contributed by atoms with E-state index in [-0.39, 0.29) is 11.5 Å². The van der Waals surface area contributed by atoms with Crippen LogP contribution in [0.15, 0.2) is 79.4 Å². The first-order chi connectivity index (χ1) is 15.4. The Bertz CT molecular complexity index is 1200. The van der Waals surface area contributed by atoms with Gasteiger partial charge in [0.1, 0.15) is 5.82 Å². The summed E-state index contributed by atoms with van der Waals surface area (Å²) in [5.74, 6) is -1.44. The van der Waals surface area contributed by atoms with E-state index in [4.69, 9.17) is 5.26 Å². The molecule has 2 amide bonds. The van der Waals surface area contributed by atoms with Crippen molar-refractivity contribution in [2.45, 2.75) is 13.5 Å². The maximum atomic E-state index is 13.9. The summed E-state index contributed by atoms with van der Waals surface area (Å²) in [6, 6.07) is 19.8. The number of aryl methyl sites for hydroxylation is 1. The second-order valence-electron chi connectivity index (χ2n) is 7.25. The third-order valence-electron chi connectivity index (χ3n) is 4.94. The highest BCUT2D eigenvalue weighted by Gasteiger charge is 2.18. The number of anilines is 1. The molecule has 0 atom stereocenters. The van der Waals surface area contributed by atoms with Crippen LogP contribution in [0.2, 0.25) is 0 Å². The molecule has 0 fully saturated rings. The van der Waals surface area contributed by atoms with E-state index in [9.17, 15) is 14.0 Å². The number of benzene rings is 3. The summed E-state index contributed by atoms with van der Waals surface area (Å²) in [6.07, 6.45) is 1.64. The summed E-state index contributed by atoms with van der Waals surface area (Å²) in [7, 11) is 0. The molecule has 3 aromatic rings. The maximum absolute atomic E-state index is 13.9. The van der Waals surface area contributed by atoms with Gasteiger partial charge in [-0.15, -0.1) is 6.58 Å². The molecule has 0 heterocycles. The van der Waals surface area contributed by atoms with Crippen LogP contribution >= 0.6 is 0 Å². The Labute approximate surface area is 186 Å². The zero-order valence-corrected chi connectivity index (χ0v) is 17.6. The van der Waals surface area contributed by atoms with Crippen LogP contribution in [0.25, 0.3) is 0 Å². The quantitative estimate of drug-likeness (QED) is 0.534. The van der Waals surface area contributed by atoms with Crippen LogP contribution in [0.4, 0.5) is 10.1 Å². The Morgan fingerprint density at radius 2 is 1.84 bits per heavy atom. The monoisotopic (exact) mass is 427 g/mol. The lowest BCUT2D eigenvalue weighted by molar-refractivity contribution is 0.0762. The number of carbonyl (C=O) groups is 2. The summed E-state index contributed by atoms with van der Waals surface area (Å²) < 4.78 is 13.9. The molecule has 0 bridgehead atoms. The van der Waals surface area contributed by atoms with E-state index in [1.165, 1.54) is 18.2 Å². The number of amides is 2. The van der Waals surface area contributed by atoms with Gasteiger partial charge >= 0.3 is 0 Å². The molecule has 0 aliphatic rings. The van der Waals surface area contributed by atoms with Gasteiger partial charge in [-0.3, -0.25) is 9.59 Å². The molecule has 0 aliphatic heterocycles. The number of hydrogen-bond donors (Lipinski definition) is 1. The summed E-state index contributed by atoms with van der Waals surface area (Å²) in [6.45, 7) is 6.18. The van der Waals surface area contributed by atoms with Crippen LogP contribution < -0.4 is 5.32 Å². The number of carbonyl (C=O) groups excluding carboxylic acids is 2. The van der Waals surface area contributed by atoms with Crippen molar-refractivity contribution >= 4 is 17.5 Å². The van der Waals surface area contributed by atoms with Crippen molar-refractivity contribution in [1.82, 2.24) is 4.90 Å². The summed E-state index contributed by atoms with van der Waals surface area (Å²) in [5, 5.41) is 11.6. The first-order valence-electron chi connectivity index (χ1n) is 9.98. The summed E-state index contributed by atoms with van der Waals surface area (Å²) >= 11 is 0. The Morgan fingerprint density at radius 1 is 1.12 bits per heavy atom. The van der Waals surface area contributed by atoms with Crippen LogP contribution in [-0.4, -0.2) is 23.3 Å². The van der Waals surface area contributed by atoms with Gasteiger partial charge in [0.05, 0.1) is 17.2 Å². The van der Waals surface area contributed by atoms with Crippen LogP contribution in [0.1, 0.15) is 37.4 Å². The molecular weight excluding hydrogens is 405 g/mol. The zero-order valence-electron chi connectivity index (χ0n) is 17.6. The molecule has 0 aliphatic carbocycles. The zero-order chi connectivity index (χ0) is 23.1. The first-order valence-corrected chi connectivity index (χ1v) is 9.98. The molecular formula is C26H22FN3O2. The van der Waals surface area contributed by atoms with Crippen molar-refractivity contribution < 1.29 is 14.0 Å². The number of nitriles is 1. The Morgan fingerprint density at radius 3 is 2.50 bits per heavy atom. The Kier molecular flexibility index (Phi) is 7.14. The SMILES string of the molecule is C=CCN(Cc1ccc(C#N)cc1)C(=O)c1ccc(C)c(NC(=O)c2ccccc2F)c1. The normalized spacial score (nSPS) is 10.2. The second kappa shape index (κ2) is 10.2. The van der Waals surface area contributed by atoms with E-state index < -0.39 is 11.7 Å². The molecule has 1 N–H and O–H groups in total. The number of rotatable bonds is 7. The van der Waals surface area contributed by atoms with Crippen molar-refractivity contribution in [2.75, 3.05) is 11.9 Å². The minimum Gasteiger partial charge on any atom is -0.331 e. The van der Waals surface area contributed by atoms with Crippen LogP contribution in [0, 0.1) is 24.1 Å². The third kappa shape index (κ3) is 5.27. The lowest BCUT2D eigenvalue weighted by Gasteiger charge is -2.22. The van der Waals surface area contributed by atoms with E-state index >= 15 is 0 Å². The highest BCUT2D eigenvalue weighted by atomic mass is 19.1. The van der Waals surface area contributed by atoms with Crippen LogP contribution in [0.3, 0.4) is 0 Å². The molecule has 5 nitrogen and oxygen atoms in total. The molecule has 0 radical (unpaired) electrons. The number of nitrogens with zero attached hydrogens (tertiary/aromatic N) is 2. The third-order valence-corrected chi connectivity index (χ3v) is 4.94. The molecule has 0 aromatic heterocycles. The smallest absolute Gasteiger partial charge is 0.258 e. The molecule has 0 saturated carbocycles. The standard InChI is InChI=1S/C26H22FN3O2/c1-3-14-30(17-20-11-9-19(16-28)10-12-20)26(32)21-13-8-18(2)24(15-21)29-25(31)22-6-4-5-7-23(22)27/h3-13,15H,1,14,17H2,2H3,(H,29,31). The molecule has 160 valence electrons. The minimum absolute atomic E-state index is 0.0715. The van der Waals surface area contributed by atoms with Crippen molar-refractivity contribution in [3.05, 3.63) is 113 Å². The van der Waals surface area contributed by atoms with Crippen molar-refractivity contribution in [1.29, 1.82) is 5.26 Å². The summed E-state index contributed by atoms with van der Waals surface area (Å²) in [4.78, 5) is 27.3. The maximum Gasteiger partial charge on any atom is 0.258 e. The van der Waals surface area contributed by atoms with Crippen LogP contribution in [0.5, 0.6) is 0 Å². The van der Waals surface area contributed by atoms with E-state index in [0.29, 0.717) is 29.9 Å². The predicted molar refractivity (Wildman–Crippen MR) is 122 cm³/mol. The van der Waals surface area contributed by atoms with Gasteiger partial charge in [0, 0.05) is 24.3 Å². The molecule has 32 heavy (non-hydrogen) atoms. The number of hydrogen-bond acceptors (Lipinski definition) is 3. The van der Waals surface area contributed by atoms with Gasteiger partial charge in [-0.2, -0.15) is 5.26 Å². The van der Waals surface area contributed by atoms with Gasteiger partial charge in [-0.25, -0.2) is 4.39 Å². The Hall–Kier alpha value is -4.24. The van der Waals surface area contributed by atoms with Gasteiger partial charge in [-0.05, 0) is 54.4 Å². The van der Waals surface area contributed by atoms with E-state index in [1.54, 1.807) is 66.4 Å². The molecule has 0 unspecified atom stereocenters.